The molecule has 2 nitrogen and oxygen atoms in total. The summed E-state index contributed by atoms with van der Waals surface area (Å²) in [6, 6.07) is 4.17. The summed E-state index contributed by atoms with van der Waals surface area (Å²) in [5.41, 5.74) is 10.8. The molecule has 0 aromatic heterocycles. The van der Waals surface area contributed by atoms with Gasteiger partial charge in [-0.1, -0.05) is 31.5 Å². The quantitative estimate of drug-likeness (QED) is 0.824. The maximum atomic E-state index is 9.38. The molecule has 0 amide bonds. The topological polar surface area (TPSA) is 46.2 Å². The maximum absolute atomic E-state index is 9.38. The van der Waals surface area contributed by atoms with E-state index in [1.165, 1.54) is 22.3 Å². The van der Waals surface area contributed by atoms with E-state index in [2.05, 4.69) is 32.9 Å². The number of rotatable bonds is 3. The van der Waals surface area contributed by atoms with Gasteiger partial charge in [0, 0.05) is 18.1 Å². The van der Waals surface area contributed by atoms with Crippen molar-refractivity contribution in [2.75, 3.05) is 6.61 Å². The Kier molecular flexibility index (Phi) is 3.76. The number of hydrogen-bond acceptors (Lipinski definition) is 2. The van der Waals surface area contributed by atoms with Crippen molar-refractivity contribution < 1.29 is 5.11 Å². The molecule has 1 rings (SSSR count). The third kappa shape index (κ3) is 2.45. The second-order valence-corrected chi connectivity index (χ2v) is 5.44. The van der Waals surface area contributed by atoms with Crippen LogP contribution in [0, 0.1) is 26.2 Å². The second-order valence-electron chi connectivity index (χ2n) is 5.44. The highest BCUT2D eigenvalue weighted by Crippen LogP contribution is 2.34. The molecule has 0 aliphatic heterocycles. The molecule has 1 aromatic rings. The molecule has 0 aliphatic carbocycles. The van der Waals surface area contributed by atoms with E-state index in [9.17, 15) is 5.11 Å². The van der Waals surface area contributed by atoms with E-state index in [0.717, 1.165) is 0 Å². The highest BCUT2D eigenvalue weighted by molar-refractivity contribution is 5.40. The Morgan fingerprint density at radius 1 is 1.19 bits per heavy atom. The number of hydrogen-bond donors (Lipinski definition) is 2. The summed E-state index contributed by atoms with van der Waals surface area (Å²) in [5.74, 6) is 0. The van der Waals surface area contributed by atoms with Crippen LogP contribution in [0.3, 0.4) is 0 Å². The van der Waals surface area contributed by atoms with Gasteiger partial charge >= 0.3 is 0 Å². The Morgan fingerprint density at radius 2 is 1.62 bits per heavy atom. The minimum Gasteiger partial charge on any atom is -0.396 e. The minimum atomic E-state index is -0.287. The first kappa shape index (κ1) is 13.2. The highest BCUT2D eigenvalue weighted by atomic mass is 16.3. The fourth-order valence-electron chi connectivity index (χ4n) is 2.17. The molecule has 16 heavy (non-hydrogen) atoms. The van der Waals surface area contributed by atoms with Gasteiger partial charge in [-0.2, -0.15) is 0 Å². The summed E-state index contributed by atoms with van der Waals surface area (Å²) < 4.78 is 0. The van der Waals surface area contributed by atoms with E-state index in [0.29, 0.717) is 0 Å². The molecule has 3 N–H and O–H groups in total. The zero-order chi connectivity index (χ0) is 12.5. The first-order valence-electron chi connectivity index (χ1n) is 5.74. The van der Waals surface area contributed by atoms with Crippen molar-refractivity contribution in [2.24, 2.45) is 11.1 Å². The van der Waals surface area contributed by atoms with Crippen LogP contribution in [0.15, 0.2) is 12.1 Å². The summed E-state index contributed by atoms with van der Waals surface area (Å²) in [4.78, 5) is 0. The number of aryl methyl sites for hydroxylation is 3. The molecule has 0 aliphatic rings. The third-order valence-electron chi connectivity index (χ3n) is 3.30. The predicted molar refractivity (Wildman–Crippen MR) is 68.4 cm³/mol. The monoisotopic (exact) mass is 221 g/mol. The van der Waals surface area contributed by atoms with E-state index < -0.39 is 0 Å². The van der Waals surface area contributed by atoms with E-state index in [1.807, 2.05) is 13.8 Å². The molecule has 1 aromatic carbocycles. The summed E-state index contributed by atoms with van der Waals surface area (Å²) in [5, 5.41) is 9.38. The Morgan fingerprint density at radius 3 is 2.00 bits per heavy atom. The van der Waals surface area contributed by atoms with Gasteiger partial charge in [-0.15, -0.1) is 0 Å². The molecule has 0 spiro atoms. The lowest BCUT2D eigenvalue weighted by Gasteiger charge is -2.32. The lowest BCUT2D eigenvalue weighted by Crippen LogP contribution is -2.33. The van der Waals surface area contributed by atoms with Crippen LogP contribution in [0.25, 0.3) is 0 Å². The van der Waals surface area contributed by atoms with E-state index in [4.69, 9.17) is 5.73 Å². The van der Waals surface area contributed by atoms with Crippen molar-refractivity contribution in [1.29, 1.82) is 0 Å². The van der Waals surface area contributed by atoms with Crippen molar-refractivity contribution in [2.45, 2.75) is 40.7 Å². The largest absolute Gasteiger partial charge is 0.396 e. The van der Waals surface area contributed by atoms with Crippen LogP contribution < -0.4 is 5.73 Å². The van der Waals surface area contributed by atoms with Crippen LogP contribution in [0.1, 0.15) is 42.1 Å². The van der Waals surface area contributed by atoms with Gasteiger partial charge in [-0.25, -0.2) is 0 Å². The van der Waals surface area contributed by atoms with E-state index in [1.54, 1.807) is 0 Å². The number of aliphatic hydroxyl groups excluding tert-OH is 1. The summed E-state index contributed by atoms with van der Waals surface area (Å²) in [6.45, 7) is 10.4. The average Bonchev–Trinajstić information content (AvgIpc) is 2.15. The minimum absolute atomic E-state index is 0.0981. The van der Waals surface area contributed by atoms with E-state index >= 15 is 0 Å². The van der Waals surface area contributed by atoms with Crippen LogP contribution in [-0.4, -0.2) is 11.7 Å². The molecule has 0 saturated carbocycles. The zero-order valence-electron chi connectivity index (χ0n) is 11.0. The Labute approximate surface area is 98.5 Å². The molecule has 1 atom stereocenters. The fourth-order valence-corrected chi connectivity index (χ4v) is 2.17. The number of benzene rings is 1. The molecular weight excluding hydrogens is 198 g/mol. The van der Waals surface area contributed by atoms with Gasteiger partial charge in [-0.3, -0.25) is 0 Å². The van der Waals surface area contributed by atoms with Crippen molar-refractivity contribution in [3.05, 3.63) is 34.4 Å². The van der Waals surface area contributed by atoms with Gasteiger partial charge < -0.3 is 10.8 Å². The van der Waals surface area contributed by atoms with E-state index in [-0.39, 0.29) is 18.1 Å². The van der Waals surface area contributed by atoms with Crippen LogP contribution in [0.5, 0.6) is 0 Å². The van der Waals surface area contributed by atoms with Crippen molar-refractivity contribution in [3.63, 3.8) is 0 Å². The summed E-state index contributed by atoms with van der Waals surface area (Å²) >= 11 is 0. The summed E-state index contributed by atoms with van der Waals surface area (Å²) in [6.07, 6.45) is 0. The smallest absolute Gasteiger partial charge is 0.0500 e. The average molecular weight is 221 g/mol. The van der Waals surface area contributed by atoms with Gasteiger partial charge in [0.15, 0.2) is 0 Å². The second kappa shape index (κ2) is 4.56. The molecule has 0 heterocycles. The van der Waals surface area contributed by atoms with Gasteiger partial charge in [0.25, 0.3) is 0 Å². The van der Waals surface area contributed by atoms with Crippen molar-refractivity contribution in [1.82, 2.24) is 0 Å². The van der Waals surface area contributed by atoms with Crippen LogP contribution in [0.2, 0.25) is 0 Å². The van der Waals surface area contributed by atoms with Gasteiger partial charge in [0.1, 0.15) is 0 Å². The maximum Gasteiger partial charge on any atom is 0.0500 e. The first-order valence-corrected chi connectivity index (χ1v) is 5.74. The van der Waals surface area contributed by atoms with Crippen LogP contribution >= 0.6 is 0 Å². The fraction of sp³-hybridized carbons (Fsp3) is 0.571. The molecule has 0 fully saturated rings. The van der Waals surface area contributed by atoms with Gasteiger partial charge in [-0.05, 0) is 37.5 Å². The molecule has 90 valence electrons. The van der Waals surface area contributed by atoms with Gasteiger partial charge in [0.05, 0.1) is 0 Å². The zero-order valence-corrected chi connectivity index (χ0v) is 11.0. The molecule has 0 unspecified atom stereocenters. The molecule has 0 saturated heterocycles. The molecule has 0 bridgehead atoms. The van der Waals surface area contributed by atoms with Gasteiger partial charge in [0.2, 0.25) is 0 Å². The SMILES string of the molecule is Cc1cc(C)c([C@H](N)C(C)(C)CO)c(C)c1. The van der Waals surface area contributed by atoms with Crippen LogP contribution in [0.4, 0.5) is 0 Å². The lowest BCUT2D eigenvalue weighted by atomic mass is 9.78. The molecule has 2 heteroatoms. The Bertz CT molecular complexity index is 359. The standard InChI is InChI=1S/C14H23NO/c1-9-6-10(2)12(11(3)7-9)13(15)14(4,5)8-16/h6-7,13,16H,8,15H2,1-5H3/t13-/m0/s1. The Balaban J connectivity index is 3.24. The third-order valence-corrected chi connectivity index (χ3v) is 3.30. The normalized spacial score (nSPS) is 13.9. The highest BCUT2D eigenvalue weighted by Gasteiger charge is 2.29. The number of aliphatic hydroxyl groups is 1. The molecular formula is C14H23NO. The number of nitrogens with two attached hydrogens (primary N) is 1. The van der Waals surface area contributed by atoms with Crippen molar-refractivity contribution in [3.8, 4) is 0 Å². The van der Waals surface area contributed by atoms with Crippen LogP contribution in [-0.2, 0) is 0 Å². The first-order chi connectivity index (χ1) is 7.29. The Hall–Kier alpha value is -0.860. The molecule has 0 radical (unpaired) electrons. The summed E-state index contributed by atoms with van der Waals surface area (Å²) in [7, 11) is 0. The van der Waals surface area contributed by atoms with Crippen molar-refractivity contribution >= 4 is 0 Å². The predicted octanol–water partition coefficient (Wildman–Crippen LogP) is 2.63. The lowest BCUT2D eigenvalue weighted by molar-refractivity contribution is 0.132.